The summed E-state index contributed by atoms with van der Waals surface area (Å²) in [6, 6.07) is 10.1. The minimum atomic E-state index is -0.215. The van der Waals surface area contributed by atoms with Crippen molar-refractivity contribution in [3.8, 4) is 11.3 Å². The average molecular weight is 348 g/mol. The van der Waals surface area contributed by atoms with Gasteiger partial charge in [0.1, 0.15) is 5.82 Å². The summed E-state index contributed by atoms with van der Waals surface area (Å²) in [6.45, 7) is 2.41. The monoisotopic (exact) mass is 348 g/mol. The van der Waals surface area contributed by atoms with E-state index in [0.717, 1.165) is 64.8 Å². The van der Waals surface area contributed by atoms with E-state index in [0.29, 0.717) is 5.82 Å². The number of H-pyrrole nitrogens is 2. The molecule has 0 radical (unpaired) electrons. The first kappa shape index (κ1) is 15.4. The molecule has 1 aliphatic rings. The number of nitrogens with one attached hydrogen (secondary N) is 2. The summed E-state index contributed by atoms with van der Waals surface area (Å²) in [6.07, 6.45) is 2.42. The molecule has 1 aliphatic heterocycles. The van der Waals surface area contributed by atoms with Crippen molar-refractivity contribution < 1.29 is 5.11 Å². The minimum absolute atomic E-state index is 0.215. The molecule has 5 rings (SSSR count). The van der Waals surface area contributed by atoms with Gasteiger partial charge >= 0.3 is 0 Å². The van der Waals surface area contributed by atoms with E-state index in [1.54, 1.807) is 6.20 Å². The van der Waals surface area contributed by atoms with Crippen LogP contribution in [-0.2, 0) is 6.54 Å². The lowest BCUT2D eigenvalue weighted by molar-refractivity contribution is 0.174. The number of nitrogens with zero attached hydrogens (tertiary/aromatic N) is 3. The van der Waals surface area contributed by atoms with Gasteiger partial charge in [-0.1, -0.05) is 12.1 Å². The number of fused-ring (bicyclic) bond motifs is 3. The van der Waals surface area contributed by atoms with Gasteiger partial charge in [-0.3, -0.25) is 10.00 Å². The average Bonchev–Trinajstić information content (AvgIpc) is 3.36. The van der Waals surface area contributed by atoms with E-state index in [1.807, 2.05) is 18.2 Å². The molecular formula is C19H20N6O. The Kier molecular flexibility index (Phi) is 3.44. The third-order valence-electron chi connectivity index (χ3n) is 5.10. The molecule has 26 heavy (non-hydrogen) atoms. The van der Waals surface area contributed by atoms with Gasteiger partial charge in [-0.15, -0.1) is 0 Å². The number of aliphatic hydroxyl groups is 1. The summed E-state index contributed by atoms with van der Waals surface area (Å²) in [7, 11) is 0. The highest BCUT2D eigenvalue weighted by Gasteiger charge is 2.21. The Bertz CT molecular complexity index is 1080. The summed E-state index contributed by atoms with van der Waals surface area (Å²) in [5, 5.41) is 18.8. The van der Waals surface area contributed by atoms with Crippen LogP contribution in [0.25, 0.3) is 33.1 Å². The van der Waals surface area contributed by atoms with Gasteiger partial charge in [-0.25, -0.2) is 4.98 Å². The molecule has 1 atom stereocenters. The molecule has 7 heteroatoms. The van der Waals surface area contributed by atoms with E-state index in [4.69, 9.17) is 5.73 Å². The SMILES string of the molecule is Nc1nc2cc(-c3cc[nH]n3)ccc2c2[nH]c(CN3CC[C@@H](O)C3)cc12. The minimum Gasteiger partial charge on any atom is -0.392 e. The molecule has 1 fully saturated rings. The Hall–Kier alpha value is -2.90. The second-order valence-corrected chi connectivity index (χ2v) is 6.95. The van der Waals surface area contributed by atoms with E-state index >= 15 is 0 Å². The second kappa shape index (κ2) is 5.82. The van der Waals surface area contributed by atoms with Crippen LogP contribution in [0.4, 0.5) is 5.82 Å². The first-order valence-electron chi connectivity index (χ1n) is 8.79. The molecule has 4 aromatic rings. The number of benzene rings is 1. The molecule has 0 amide bonds. The van der Waals surface area contributed by atoms with E-state index < -0.39 is 0 Å². The van der Waals surface area contributed by atoms with Crippen LogP contribution in [-0.4, -0.2) is 49.4 Å². The summed E-state index contributed by atoms with van der Waals surface area (Å²) in [5.41, 5.74) is 11.1. The van der Waals surface area contributed by atoms with Crippen molar-refractivity contribution in [1.29, 1.82) is 0 Å². The third kappa shape index (κ3) is 2.53. The van der Waals surface area contributed by atoms with Gasteiger partial charge < -0.3 is 15.8 Å². The molecule has 0 saturated carbocycles. The normalized spacial score (nSPS) is 18.3. The molecule has 132 valence electrons. The highest BCUT2D eigenvalue weighted by atomic mass is 16.3. The zero-order chi connectivity index (χ0) is 17.7. The molecule has 7 nitrogen and oxygen atoms in total. The van der Waals surface area contributed by atoms with Crippen LogP contribution in [0.15, 0.2) is 36.5 Å². The molecule has 1 aromatic carbocycles. The van der Waals surface area contributed by atoms with E-state index in [2.05, 4.69) is 37.2 Å². The number of anilines is 1. The van der Waals surface area contributed by atoms with Crippen molar-refractivity contribution in [3.63, 3.8) is 0 Å². The molecule has 0 aliphatic carbocycles. The smallest absolute Gasteiger partial charge is 0.133 e. The molecule has 4 heterocycles. The van der Waals surface area contributed by atoms with Gasteiger partial charge in [0, 0.05) is 47.9 Å². The Balaban J connectivity index is 1.58. The summed E-state index contributed by atoms with van der Waals surface area (Å²) < 4.78 is 0. The number of nitrogens with two attached hydrogens (primary N) is 1. The fourth-order valence-electron chi connectivity index (χ4n) is 3.81. The number of pyridine rings is 1. The highest BCUT2D eigenvalue weighted by molar-refractivity contribution is 6.08. The Morgan fingerprint density at radius 2 is 2.15 bits per heavy atom. The van der Waals surface area contributed by atoms with Crippen LogP contribution >= 0.6 is 0 Å². The quantitative estimate of drug-likeness (QED) is 0.454. The largest absolute Gasteiger partial charge is 0.392 e. The lowest BCUT2D eigenvalue weighted by atomic mass is 10.1. The zero-order valence-corrected chi connectivity index (χ0v) is 14.2. The molecule has 1 saturated heterocycles. The van der Waals surface area contributed by atoms with E-state index in [1.165, 1.54) is 0 Å². The zero-order valence-electron chi connectivity index (χ0n) is 14.2. The Morgan fingerprint density at radius 3 is 2.92 bits per heavy atom. The van der Waals surface area contributed by atoms with E-state index in [9.17, 15) is 5.11 Å². The van der Waals surface area contributed by atoms with Crippen LogP contribution in [0.5, 0.6) is 0 Å². The molecule has 0 bridgehead atoms. The maximum atomic E-state index is 9.72. The van der Waals surface area contributed by atoms with Crippen LogP contribution in [0.2, 0.25) is 0 Å². The van der Waals surface area contributed by atoms with E-state index in [-0.39, 0.29) is 6.10 Å². The van der Waals surface area contributed by atoms with Gasteiger partial charge in [-0.2, -0.15) is 5.10 Å². The number of β-amino-alcohol motifs (C(OH)–C–C–N with tert-alkyl or cyclic N) is 1. The maximum Gasteiger partial charge on any atom is 0.133 e. The van der Waals surface area contributed by atoms with Crippen LogP contribution in [0, 0.1) is 0 Å². The number of aromatic nitrogens is 4. The molecule has 0 unspecified atom stereocenters. The standard InChI is InChI=1S/C19H20N6O/c20-19-15-8-12(9-25-6-4-13(26)10-25)22-18(15)14-2-1-11(7-17(14)23-19)16-3-5-21-24-16/h1-3,5,7-8,13,22,26H,4,6,9-10H2,(H2,20,23)(H,21,24)/t13-/m1/s1. The predicted octanol–water partition coefficient (Wildman–Crippen LogP) is 2.25. The molecule has 0 spiro atoms. The van der Waals surface area contributed by atoms with Crippen LogP contribution in [0.3, 0.4) is 0 Å². The van der Waals surface area contributed by atoms with Gasteiger partial charge in [0.2, 0.25) is 0 Å². The summed E-state index contributed by atoms with van der Waals surface area (Å²) in [4.78, 5) is 10.4. The lowest BCUT2D eigenvalue weighted by Crippen LogP contribution is -2.21. The summed E-state index contributed by atoms with van der Waals surface area (Å²) >= 11 is 0. The number of likely N-dealkylation sites (tertiary alicyclic amines) is 1. The predicted molar refractivity (Wildman–Crippen MR) is 101 cm³/mol. The van der Waals surface area contributed by atoms with Crippen molar-refractivity contribution >= 4 is 27.6 Å². The van der Waals surface area contributed by atoms with Gasteiger partial charge in [-0.05, 0) is 24.6 Å². The van der Waals surface area contributed by atoms with Crippen molar-refractivity contribution in [1.82, 2.24) is 25.1 Å². The highest BCUT2D eigenvalue weighted by Crippen LogP contribution is 2.31. The van der Waals surface area contributed by atoms with Gasteiger partial charge in [0.15, 0.2) is 0 Å². The number of nitrogen functional groups attached to an aromatic ring is 1. The number of aromatic amines is 2. The second-order valence-electron chi connectivity index (χ2n) is 6.95. The molecule has 3 aromatic heterocycles. The van der Waals surface area contributed by atoms with Crippen LogP contribution in [0.1, 0.15) is 12.1 Å². The number of hydrogen-bond acceptors (Lipinski definition) is 5. The first-order chi connectivity index (χ1) is 12.7. The maximum absolute atomic E-state index is 9.72. The van der Waals surface area contributed by atoms with Crippen molar-refractivity contribution in [2.24, 2.45) is 0 Å². The fraction of sp³-hybridized carbons (Fsp3) is 0.263. The Labute approximate surface area is 149 Å². The van der Waals surface area contributed by atoms with Crippen molar-refractivity contribution in [3.05, 3.63) is 42.2 Å². The summed E-state index contributed by atoms with van der Waals surface area (Å²) in [5.74, 6) is 0.524. The number of hydrogen-bond donors (Lipinski definition) is 4. The third-order valence-corrected chi connectivity index (χ3v) is 5.10. The topological polar surface area (TPSA) is 107 Å². The van der Waals surface area contributed by atoms with Gasteiger partial charge in [0.25, 0.3) is 0 Å². The molecule has 5 N–H and O–H groups in total. The number of aliphatic hydroxyl groups excluding tert-OH is 1. The Morgan fingerprint density at radius 1 is 1.23 bits per heavy atom. The first-order valence-corrected chi connectivity index (χ1v) is 8.79. The fourth-order valence-corrected chi connectivity index (χ4v) is 3.81. The molecular weight excluding hydrogens is 328 g/mol. The van der Waals surface area contributed by atoms with Crippen molar-refractivity contribution in [2.75, 3.05) is 18.8 Å². The van der Waals surface area contributed by atoms with Crippen molar-refractivity contribution in [2.45, 2.75) is 19.1 Å². The van der Waals surface area contributed by atoms with Gasteiger partial charge in [0.05, 0.1) is 22.8 Å². The number of rotatable bonds is 3. The lowest BCUT2D eigenvalue weighted by Gasteiger charge is -2.13. The van der Waals surface area contributed by atoms with Crippen LogP contribution < -0.4 is 5.73 Å².